The number of rotatable bonds is 5. The summed E-state index contributed by atoms with van der Waals surface area (Å²) < 4.78 is 18.4. The molecule has 1 heterocycles. The molecule has 0 aromatic heterocycles. The van der Waals surface area contributed by atoms with Gasteiger partial charge in [0.1, 0.15) is 11.6 Å². The number of hydrogen-bond donors (Lipinski definition) is 1. The molecule has 25 heavy (non-hydrogen) atoms. The normalized spacial score (nSPS) is 16.8. The third kappa shape index (κ3) is 4.35. The molecule has 1 fully saturated rings. The largest absolute Gasteiger partial charge is 0.484 e. The molecule has 1 N–H and O–H groups in total. The quantitative estimate of drug-likeness (QED) is 0.908. The molecule has 1 atom stereocenters. The number of nitrogens with one attached hydrogen (secondary N) is 1. The highest BCUT2D eigenvalue weighted by Gasteiger charge is 2.31. The van der Waals surface area contributed by atoms with E-state index < -0.39 is 0 Å². The third-order valence-corrected chi connectivity index (χ3v) is 4.02. The van der Waals surface area contributed by atoms with Gasteiger partial charge in [0.2, 0.25) is 5.91 Å². The molecule has 1 saturated heterocycles. The molecular formula is C19H19FN2O3. The van der Waals surface area contributed by atoms with E-state index in [-0.39, 0.29) is 36.7 Å². The zero-order valence-corrected chi connectivity index (χ0v) is 13.9. The number of benzene rings is 2. The van der Waals surface area contributed by atoms with Gasteiger partial charge in [-0.05, 0) is 43.3 Å². The van der Waals surface area contributed by atoms with Crippen LogP contribution in [-0.2, 0) is 9.59 Å². The topological polar surface area (TPSA) is 58.6 Å². The van der Waals surface area contributed by atoms with Crippen molar-refractivity contribution in [1.82, 2.24) is 5.32 Å². The van der Waals surface area contributed by atoms with Gasteiger partial charge in [-0.3, -0.25) is 9.59 Å². The summed E-state index contributed by atoms with van der Waals surface area (Å²) in [5.41, 5.74) is 1.74. The maximum absolute atomic E-state index is 13.0. The summed E-state index contributed by atoms with van der Waals surface area (Å²) in [6, 6.07) is 12.9. The van der Waals surface area contributed by atoms with Gasteiger partial charge in [0.05, 0.1) is 6.04 Å². The molecule has 130 valence electrons. The fourth-order valence-electron chi connectivity index (χ4n) is 2.73. The monoisotopic (exact) mass is 342 g/mol. The van der Waals surface area contributed by atoms with Gasteiger partial charge in [0.15, 0.2) is 6.61 Å². The summed E-state index contributed by atoms with van der Waals surface area (Å²) in [6.07, 6.45) is 0.216. The van der Waals surface area contributed by atoms with Crippen LogP contribution >= 0.6 is 0 Å². The number of halogens is 1. The van der Waals surface area contributed by atoms with Gasteiger partial charge in [0.25, 0.3) is 5.91 Å². The molecule has 1 aliphatic heterocycles. The highest BCUT2D eigenvalue weighted by Crippen LogP contribution is 2.21. The molecule has 5 nitrogen and oxygen atoms in total. The smallest absolute Gasteiger partial charge is 0.258 e. The molecule has 0 radical (unpaired) electrons. The number of carbonyl (C=O) groups is 2. The number of anilines is 1. The molecule has 6 heteroatoms. The number of aryl methyl sites for hydroxylation is 1. The molecule has 2 aromatic rings. The first-order valence-electron chi connectivity index (χ1n) is 8.06. The van der Waals surface area contributed by atoms with Crippen molar-refractivity contribution in [3.05, 3.63) is 59.9 Å². The van der Waals surface area contributed by atoms with E-state index in [1.165, 1.54) is 12.1 Å². The fraction of sp³-hybridized carbons (Fsp3) is 0.263. The SMILES string of the molecule is Cc1ccc(OCC(=O)NC2CC(=O)N(c3ccc(F)cc3)C2)cc1. The molecule has 0 aliphatic carbocycles. The lowest BCUT2D eigenvalue weighted by Gasteiger charge is -2.17. The summed E-state index contributed by atoms with van der Waals surface area (Å²) in [5.74, 6) is -0.111. The van der Waals surface area contributed by atoms with E-state index in [9.17, 15) is 14.0 Å². The Bertz CT molecular complexity index is 759. The maximum atomic E-state index is 13.0. The van der Waals surface area contributed by atoms with Crippen molar-refractivity contribution in [3.8, 4) is 5.75 Å². The molecule has 0 spiro atoms. The van der Waals surface area contributed by atoms with Crippen LogP contribution in [0.3, 0.4) is 0 Å². The maximum Gasteiger partial charge on any atom is 0.258 e. The Morgan fingerprint density at radius 2 is 1.88 bits per heavy atom. The zero-order valence-electron chi connectivity index (χ0n) is 13.9. The van der Waals surface area contributed by atoms with Crippen LogP contribution in [0.25, 0.3) is 0 Å². The van der Waals surface area contributed by atoms with Crippen molar-refractivity contribution in [1.29, 1.82) is 0 Å². The van der Waals surface area contributed by atoms with Crippen LogP contribution in [0.5, 0.6) is 5.75 Å². The van der Waals surface area contributed by atoms with E-state index in [4.69, 9.17) is 4.74 Å². The Morgan fingerprint density at radius 1 is 1.20 bits per heavy atom. The standard InChI is InChI=1S/C19H19FN2O3/c1-13-2-8-17(9-3-13)25-12-18(23)21-15-10-19(24)22(11-15)16-6-4-14(20)5-7-16/h2-9,15H,10-12H2,1H3,(H,21,23). The van der Waals surface area contributed by atoms with Crippen LogP contribution < -0.4 is 15.0 Å². The minimum absolute atomic E-state index is 0.101. The first-order chi connectivity index (χ1) is 12.0. The molecular weight excluding hydrogens is 323 g/mol. The van der Waals surface area contributed by atoms with E-state index in [0.717, 1.165) is 5.56 Å². The Hall–Kier alpha value is -2.89. The average molecular weight is 342 g/mol. The first kappa shape index (κ1) is 17.0. The second-order valence-electron chi connectivity index (χ2n) is 6.05. The van der Waals surface area contributed by atoms with Crippen molar-refractivity contribution in [3.63, 3.8) is 0 Å². The first-order valence-corrected chi connectivity index (χ1v) is 8.06. The minimum atomic E-state index is -0.353. The number of carbonyl (C=O) groups excluding carboxylic acids is 2. The lowest BCUT2D eigenvalue weighted by Crippen LogP contribution is -2.39. The highest BCUT2D eigenvalue weighted by atomic mass is 19.1. The second-order valence-corrected chi connectivity index (χ2v) is 6.05. The van der Waals surface area contributed by atoms with E-state index in [1.54, 1.807) is 29.2 Å². The fourth-order valence-corrected chi connectivity index (χ4v) is 2.73. The Labute approximate surface area is 145 Å². The number of ether oxygens (including phenoxy) is 1. The van der Waals surface area contributed by atoms with Gasteiger partial charge in [-0.25, -0.2) is 4.39 Å². The minimum Gasteiger partial charge on any atom is -0.484 e. The van der Waals surface area contributed by atoms with Crippen molar-refractivity contribution < 1.29 is 18.7 Å². The van der Waals surface area contributed by atoms with Crippen LogP contribution in [0.2, 0.25) is 0 Å². The van der Waals surface area contributed by atoms with Crippen LogP contribution in [0.4, 0.5) is 10.1 Å². The van der Waals surface area contributed by atoms with Crippen molar-refractivity contribution in [2.45, 2.75) is 19.4 Å². The number of amides is 2. The molecule has 2 aromatic carbocycles. The molecule has 1 aliphatic rings. The van der Waals surface area contributed by atoms with Crippen molar-refractivity contribution in [2.24, 2.45) is 0 Å². The van der Waals surface area contributed by atoms with E-state index >= 15 is 0 Å². The summed E-state index contributed by atoms with van der Waals surface area (Å²) in [7, 11) is 0. The number of nitrogens with zero attached hydrogens (tertiary/aromatic N) is 1. The molecule has 0 bridgehead atoms. The van der Waals surface area contributed by atoms with Crippen molar-refractivity contribution in [2.75, 3.05) is 18.1 Å². The Balaban J connectivity index is 1.51. The lowest BCUT2D eigenvalue weighted by molar-refractivity contribution is -0.123. The third-order valence-electron chi connectivity index (χ3n) is 4.02. The molecule has 2 amide bonds. The lowest BCUT2D eigenvalue weighted by atomic mass is 10.2. The van der Waals surface area contributed by atoms with Gasteiger partial charge >= 0.3 is 0 Å². The Morgan fingerprint density at radius 3 is 2.56 bits per heavy atom. The predicted octanol–water partition coefficient (Wildman–Crippen LogP) is 2.43. The highest BCUT2D eigenvalue weighted by molar-refractivity contribution is 5.96. The van der Waals surface area contributed by atoms with Gasteiger partial charge in [-0.1, -0.05) is 17.7 Å². The van der Waals surface area contributed by atoms with Gasteiger partial charge in [-0.2, -0.15) is 0 Å². The van der Waals surface area contributed by atoms with E-state index in [1.807, 2.05) is 19.1 Å². The average Bonchev–Trinajstić information content (AvgIpc) is 2.95. The van der Waals surface area contributed by atoms with E-state index in [2.05, 4.69) is 5.32 Å². The second kappa shape index (κ2) is 7.34. The van der Waals surface area contributed by atoms with E-state index in [0.29, 0.717) is 18.0 Å². The van der Waals surface area contributed by atoms with Crippen LogP contribution in [0.1, 0.15) is 12.0 Å². The van der Waals surface area contributed by atoms with Crippen LogP contribution in [-0.4, -0.2) is 31.0 Å². The van der Waals surface area contributed by atoms with Crippen molar-refractivity contribution >= 4 is 17.5 Å². The Kier molecular flexibility index (Phi) is 4.97. The summed E-state index contributed by atoms with van der Waals surface area (Å²) in [5, 5.41) is 2.80. The number of hydrogen-bond acceptors (Lipinski definition) is 3. The molecule has 1 unspecified atom stereocenters. The summed E-state index contributed by atoms with van der Waals surface area (Å²) in [6.45, 7) is 2.23. The van der Waals surface area contributed by atoms with Gasteiger partial charge in [0, 0.05) is 18.7 Å². The van der Waals surface area contributed by atoms with Gasteiger partial charge in [-0.15, -0.1) is 0 Å². The molecule has 0 saturated carbocycles. The van der Waals surface area contributed by atoms with Crippen LogP contribution in [0, 0.1) is 12.7 Å². The predicted molar refractivity (Wildman–Crippen MR) is 92.0 cm³/mol. The van der Waals surface area contributed by atoms with Crippen LogP contribution in [0.15, 0.2) is 48.5 Å². The van der Waals surface area contributed by atoms with Gasteiger partial charge < -0.3 is 15.0 Å². The zero-order chi connectivity index (χ0) is 17.8. The molecule has 3 rings (SSSR count). The summed E-state index contributed by atoms with van der Waals surface area (Å²) >= 11 is 0. The summed E-state index contributed by atoms with van der Waals surface area (Å²) in [4.78, 5) is 25.7.